The second-order valence-electron chi connectivity index (χ2n) is 5.67. The smallest absolute Gasteiger partial charge is 0.184 e. The van der Waals surface area contributed by atoms with E-state index in [0.29, 0.717) is 17.0 Å². The first kappa shape index (κ1) is 15.8. The Kier molecular flexibility index (Phi) is 4.51. The maximum absolute atomic E-state index is 9.42. The highest BCUT2D eigenvalue weighted by Gasteiger charge is 2.35. The summed E-state index contributed by atoms with van der Waals surface area (Å²) in [7, 11) is 5.64. The highest BCUT2D eigenvalue weighted by atomic mass is 16.5. The maximum Gasteiger partial charge on any atom is 0.184 e. The van der Waals surface area contributed by atoms with Crippen LogP contribution in [0, 0.1) is 0 Å². The van der Waals surface area contributed by atoms with E-state index < -0.39 is 0 Å². The Morgan fingerprint density at radius 1 is 1.48 bits per heavy atom. The zero-order valence-corrected chi connectivity index (χ0v) is 13.4. The molecule has 0 spiro atoms. The van der Waals surface area contributed by atoms with E-state index in [1.165, 1.54) is 6.33 Å². The SMILES string of the molecule is CN[C@H]1C[C@H](n2cnc3c(/N=C\N(C)C)ncnc32)O[C@@H]1CO. The van der Waals surface area contributed by atoms with E-state index in [4.69, 9.17) is 4.74 Å². The average molecular weight is 319 g/mol. The fraction of sp³-hybridized carbons (Fsp3) is 0.571. The molecule has 1 fully saturated rings. The van der Waals surface area contributed by atoms with Crippen molar-refractivity contribution in [3.05, 3.63) is 12.7 Å². The quantitative estimate of drug-likeness (QED) is 0.587. The number of nitrogens with one attached hydrogen (secondary N) is 1. The lowest BCUT2D eigenvalue weighted by molar-refractivity contribution is -0.0249. The molecule has 0 aliphatic carbocycles. The molecule has 0 unspecified atom stereocenters. The Balaban J connectivity index is 1.93. The largest absolute Gasteiger partial charge is 0.394 e. The predicted molar refractivity (Wildman–Crippen MR) is 85.6 cm³/mol. The third kappa shape index (κ3) is 3.03. The van der Waals surface area contributed by atoms with Crippen LogP contribution in [0.5, 0.6) is 0 Å². The molecular formula is C14H21N7O2. The van der Waals surface area contributed by atoms with Gasteiger partial charge in [-0.15, -0.1) is 0 Å². The van der Waals surface area contributed by atoms with Crippen LogP contribution in [-0.4, -0.2) is 75.8 Å². The summed E-state index contributed by atoms with van der Waals surface area (Å²) in [5, 5.41) is 12.6. The number of ether oxygens (including phenoxy) is 1. The molecule has 124 valence electrons. The molecule has 1 saturated heterocycles. The summed E-state index contributed by atoms with van der Waals surface area (Å²) in [6, 6.07) is 0.0931. The summed E-state index contributed by atoms with van der Waals surface area (Å²) in [5.41, 5.74) is 1.30. The average Bonchev–Trinajstić information content (AvgIpc) is 3.15. The molecule has 3 atom stereocenters. The summed E-state index contributed by atoms with van der Waals surface area (Å²) in [5.74, 6) is 0.518. The first-order valence-electron chi connectivity index (χ1n) is 7.45. The van der Waals surface area contributed by atoms with E-state index in [1.807, 2.05) is 30.6 Å². The molecule has 0 amide bonds. The standard InChI is InChI=1S/C14H21N7O2/c1-15-9-4-11(23-10(9)5-22)21-8-18-12-13(19-7-20(2)3)16-6-17-14(12)21/h6-11,15,22H,4-5H2,1-3H3/b19-7-/t9-,10+,11+/m0/s1. The molecule has 1 aliphatic rings. The van der Waals surface area contributed by atoms with Crippen LogP contribution < -0.4 is 5.32 Å². The zero-order valence-electron chi connectivity index (χ0n) is 13.4. The van der Waals surface area contributed by atoms with Gasteiger partial charge in [-0.3, -0.25) is 4.57 Å². The van der Waals surface area contributed by atoms with Crippen molar-refractivity contribution in [2.75, 3.05) is 27.7 Å². The van der Waals surface area contributed by atoms with E-state index in [0.717, 1.165) is 6.42 Å². The minimum absolute atomic E-state index is 0.0258. The summed E-state index contributed by atoms with van der Waals surface area (Å²) in [6.07, 6.45) is 5.09. The van der Waals surface area contributed by atoms with Crippen molar-refractivity contribution in [2.45, 2.75) is 24.8 Å². The Labute approximate surface area is 134 Å². The van der Waals surface area contributed by atoms with E-state index in [2.05, 4.69) is 25.3 Å². The molecule has 2 aromatic heterocycles. The molecule has 0 saturated carbocycles. The molecule has 2 N–H and O–H groups in total. The minimum Gasteiger partial charge on any atom is -0.394 e. The summed E-state index contributed by atoms with van der Waals surface area (Å²) >= 11 is 0. The van der Waals surface area contributed by atoms with Crippen molar-refractivity contribution >= 4 is 23.3 Å². The first-order chi connectivity index (χ1) is 11.1. The van der Waals surface area contributed by atoms with E-state index in [1.54, 1.807) is 12.7 Å². The Morgan fingerprint density at radius 2 is 2.30 bits per heavy atom. The van der Waals surface area contributed by atoms with Crippen molar-refractivity contribution in [3.63, 3.8) is 0 Å². The molecule has 9 nitrogen and oxygen atoms in total. The monoisotopic (exact) mass is 319 g/mol. The van der Waals surface area contributed by atoms with Gasteiger partial charge in [0.15, 0.2) is 17.0 Å². The molecule has 0 bridgehead atoms. The number of nitrogens with zero attached hydrogens (tertiary/aromatic N) is 6. The lowest BCUT2D eigenvalue weighted by Gasteiger charge is -2.14. The van der Waals surface area contributed by atoms with Crippen LogP contribution in [0.15, 0.2) is 17.6 Å². The number of aliphatic imine (C=N–C) groups is 1. The first-order valence-corrected chi connectivity index (χ1v) is 7.45. The van der Waals surface area contributed by atoms with Gasteiger partial charge < -0.3 is 20.1 Å². The molecule has 0 aromatic carbocycles. The van der Waals surface area contributed by atoms with Gasteiger partial charge in [-0.1, -0.05) is 0 Å². The van der Waals surface area contributed by atoms with E-state index in [-0.39, 0.29) is 25.0 Å². The lowest BCUT2D eigenvalue weighted by Crippen LogP contribution is -2.35. The molecular weight excluding hydrogens is 298 g/mol. The van der Waals surface area contributed by atoms with Crippen molar-refractivity contribution in [1.29, 1.82) is 0 Å². The number of imidazole rings is 1. The van der Waals surface area contributed by atoms with Crippen molar-refractivity contribution < 1.29 is 9.84 Å². The maximum atomic E-state index is 9.42. The molecule has 23 heavy (non-hydrogen) atoms. The molecule has 3 heterocycles. The fourth-order valence-corrected chi connectivity index (χ4v) is 2.69. The van der Waals surface area contributed by atoms with Crippen molar-refractivity contribution in [2.24, 2.45) is 4.99 Å². The van der Waals surface area contributed by atoms with E-state index in [9.17, 15) is 5.11 Å². The highest BCUT2D eigenvalue weighted by Crippen LogP contribution is 2.31. The van der Waals surface area contributed by atoms with Gasteiger partial charge in [-0.05, 0) is 7.05 Å². The van der Waals surface area contributed by atoms with Gasteiger partial charge in [0, 0.05) is 26.6 Å². The Hall–Kier alpha value is -2.10. The van der Waals surface area contributed by atoms with Gasteiger partial charge in [0.25, 0.3) is 0 Å². The summed E-state index contributed by atoms with van der Waals surface area (Å²) in [6.45, 7) is -0.0258. The van der Waals surface area contributed by atoms with Crippen LogP contribution >= 0.6 is 0 Å². The normalized spacial score (nSPS) is 24.8. The number of likely N-dealkylation sites (N-methyl/N-ethyl adjacent to an activating group) is 1. The molecule has 1 aliphatic heterocycles. The van der Waals surface area contributed by atoms with Crippen LogP contribution in [0.2, 0.25) is 0 Å². The molecule has 0 radical (unpaired) electrons. The molecule has 9 heteroatoms. The molecule has 2 aromatic rings. The van der Waals surface area contributed by atoms with Gasteiger partial charge in [-0.25, -0.2) is 19.9 Å². The van der Waals surface area contributed by atoms with Gasteiger partial charge in [0.05, 0.1) is 25.4 Å². The number of fused-ring (bicyclic) bond motifs is 1. The number of hydrogen-bond acceptors (Lipinski definition) is 7. The fourth-order valence-electron chi connectivity index (χ4n) is 2.69. The summed E-state index contributed by atoms with van der Waals surface area (Å²) < 4.78 is 7.77. The second-order valence-corrected chi connectivity index (χ2v) is 5.67. The molecule has 3 rings (SSSR count). The minimum atomic E-state index is -0.240. The zero-order chi connectivity index (χ0) is 16.4. The Morgan fingerprint density at radius 3 is 2.96 bits per heavy atom. The van der Waals surface area contributed by atoms with Crippen LogP contribution in [0.4, 0.5) is 5.82 Å². The number of aromatic nitrogens is 4. The van der Waals surface area contributed by atoms with Crippen LogP contribution in [0.25, 0.3) is 11.2 Å². The number of aliphatic hydroxyl groups excluding tert-OH is 1. The van der Waals surface area contributed by atoms with Crippen molar-refractivity contribution in [1.82, 2.24) is 29.7 Å². The van der Waals surface area contributed by atoms with Gasteiger partial charge in [-0.2, -0.15) is 0 Å². The number of aliphatic hydroxyl groups is 1. The predicted octanol–water partition coefficient (Wildman–Crippen LogP) is -0.0845. The third-order valence-electron chi connectivity index (χ3n) is 3.85. The third-order valence-corrected chi connectivity index (χ3v) is 3.85. The lowest BCUT2D eigenvalue weighted by atomic mass is 10.1. The van der Waals surface area contributed by atoms with Gasteiger partial charge in [0.2, 0.25) is 0 Å². The second kappa shape index (κ2) is 6.57. The summed E-state index contributed by atoms with van der Waals surface area (Å²) in [4.78, 5) is 19.0. The topological polar surface area (TPSA) is 101 Å². The van der Waals surface area contributed by atoms with Crippen LogP contribution in [-0.2, 0) is 4.74 Å². The van der Waals surface area contributed by atoms with Crippen LogP contribution in [0.1, 0.15) is 12.6 Å². The highest BCUT2D eigenvalue weighted by molar-refractivity contribution is 5.82. The Bertz CT molecular complexity index is 687. The van der Waals surface area contributed by atoms with Gasteiger partial charge in [0.1, 0.15) is 12.6 Å². The van der Waals surface area contributed by atoms with Gasteiger partial charge >= 0.3 is 0 Å². The van der Waals surface area contributed by atoms with Crippen LogP contribution in [0.3, 0.4) is 0 Å². The van der Waals surface area contributed by atoms with Crippen molar-refractivity contribution in [3.8, 4) is 0 Å². The number of rotatable bonds is 5. The van der Waals surface area contributed by atoms with E-state index >= 15 is 0 Å². The number of hydrogen-bond donors (Lipinski definition) is 2.